The number of halogens is 1. The molecule has 0 unspecified atom stereocenters. The molecule has 2 heterocycles. The molecule has 0 fully saturated rings. The van der Waals surface area contributed by atoms with Crippen molar-refractivity contribution in [1.29, 1.82) is 0 Å². The molecule has 0 aliphatic rings. The minimum Gasteiger partial charge on any atom is -0.407 e. The number of carbonyl (C=O) groups is 1. The second-order valence-electron chi connectivity index (χ2n) is 4.26. The van der Waals surface area contributed by atoms with Gasteiger partial charge in [-0.1, -0.05) is 11.6 Å². The predicted molar refractivity (Wildman–Crippen MR) is 80.6 cm³/mol. The number of benzene rings is 1. The Labute approximate surface area is 130 Å². The van der Waals surface area contributed by atoms with Gasteiger partial charge < -0.3 is 10.2 Å². The summed E-state index contributed by atoms with van der Waals surface area (Å²) in [6, 6.07) is 5.39. The number of nitrogen functional groups attached to an aromatic ring is 1. The Morgan fingerprint density at radius 1 is 1.41 bits per heavy atom. The molecule has 3 aromatic rings. The lowest BCUT2D eigenvalue weighted by Crippen LogP contribution is -2.22. The number of rotatable bonds is 2. The first-order valence-corrected chi connectivity index (χ1v) is 6.97. The average Bonchev–Trinajstić information content (AvgIpc) is 2.97. The predicted octanol–water partition coefficient (Wildman–Crippen LogP) is 2.49. The lowest BCUT2D eigenvalue weighted by atomic mass is 10.3. The van der Waals surface area contributed by atoms with Gasteiger partial charge in [-0.05, 0) is 12.1 Å². The van der Waals surface area contributed by atoms with Gasteiger partial charge in [-0.15, -0.1) is 11.3 Å². The van der Waals surface area contributed by atoms with E-state index in [9.17, 15) is 19.7 Å². The van der Waals surface area contributed by atoms with Gasteiger partial charge in [-0.2, -0.15) is 0 Å². The Morgan fingerprint density at radius 3 is 2.77 bits per heavy atom. The Kier molecular flexibility index (Phi) is 3.23. The maximum Gasteiger partial charge on any atom is 0.427 e. The molecule has 0 bridgehead atoms. The molecule has 8 nitrogen and oxygen atoms in total. The fourth-order valence-corrected chi connectivity index (χ4v) is 3.08. The number of nitrogens with two attached hydrogens (primary N) is 1. The molecule has 0 amide bonds. The molecule has 2 N–H and O–H groups in total. The number of hydrogen-bond acceptors (Lipinski definition) is 7. The maximum atomic E-state index is 12.4. The normalized spacial score (nSPS) is 11.0. The summed E-state index contributed by atoms with van der Waals surface area (Å²) in [6.07, 6.45) is 0. The number of fused-ring (bicyclic) bond motifs is 1. The molecule has 0 saturated carbocycles. The van der Waals surface area contributed by atoms with E-state index in [0.29, 0.717) is 5.69 Å². The number of hydrogen-bond donors (Lipinski definition) is 1. The SMILES string of the molecule is Nc1ccc2c(c1)oc(=O)n2C(=O)c1cc([N+](=O)[O-])c(Cl)s1. The molecule has 0 spiro atoms. The Morgan fingerprint density at radius 2 is 2.14 bits per heavy atom. The van der Waals surface area contributed by atoms with Crippen LogP contribution in [0.1, 0.15) is 9.67 Å². The zero-order chi connectivity index (χ0) is 16.0. The standard InChI is InChI=1S/C12H6ClN3O5S/c13-10-7(16(19)20)4-9(22-10)11(17)15-6-2-1-5(14)3-8(6)21-12(15)18/h1-4H,14H2. The van der Waals surface area contributed by atoms with Crippen molar-refractivity contribution in [2.24, 2.45) is 0 Å². The van der Waals surface area contributed by atoms with Gasteiger partial charge in [0.2, 0.25) is 0 Å². The zero-order valence-electron chi connectivity index (χ0n) is 10.6. The van der Waals surface area contributed by atoms with Crippen molar-refractivity contribution in [2.45, 2.75) is 0 Å². The van der Waals surface area contributed by atoms with Gasteiger partial charge in [-0.25, -0.2) is 9.36 Å². The van der Waals surface area contributed by atoms with Crippen LogP contribution in [0, 0.1) is 10.1 Å². The summed E-state index contributed by atoms with van der Waals surface area (Å²) >= 11 is 6.44. The van der Waals surface area contributed by atoms with Crippen LogP contribution in [0.25, 0.3) is 11.1 Å². The zero-order valence-corrected chi connectivity index (χ0v) is 12.2. The van der Waals surface area contributed by atoms with Gasteiger partial charge in [-0.3, -0.25) is 14.9 Å². The van der Waals surface area contributed by atoms with Gasteiger partial charge in [0.05, 0.1) is 10.4 Å². The molecule has 0 radical (unpaired) electrons. The molecule has 0 atom stereocenters. The minimum absolute atomic E-state index is 0.0432. The average molecular weight is 340 g/mol. The number of anilines is 1. The van der Waals surface area contributed by atoms with E-state index in [1.807, 2.05) is 0 Å². The topological polar surface area (TPSA) is 121 Å². The summed E-state index contributed by atoms with van der Waals surface area (Å²) in [7, 11) is 0. The van der Waals surface area contributed by atoms with Crippen LogP contribution in [0.5, 0.6) is 0 Å². The van der Waals surface area contributed by atoms with Crippen molar-refractivity contribution in [3.63, 3.8) is 0 Å². The minimum atomic E-state index is -0.905. The van der Waals surface area contributed by atoms with Crippen LogP contribution in [-0.4, -0.2) is 15.4 Å². The van der Waals surface area contributed by atoms with Crippen LogP contribution >= 0.6 is 22.9 Å². The molecule has 1 aromatic carbocycles. The number of nitro groups is 1. The molecule has 22 heavy (non-hydrogen) atoms. The number of aromatic nitrogens is 1. The third kappa shape index (κ3) is 2.16. The van der Waals surface area contributed by atoms with Crippen molar-refractivity contribution in [3.8, 4) is 0 Å². The van der Waals surface area contributed by atoms with Crippen LogP contribution in [0.4, 0.5) is 11.4 Å². The smallest absolute Gasteiger partial charge is 0.407 e. The van der Waals surface area contributed by atoms with Crippen LogP contribution < -0.4 is 11.5 Å². The van der Waals surface area contributed by atoms with Gasteiger partial charge >= 0.3 is 5.76 Å². The van der Waals surface area contributed by atoms with E-state index >= 15 is 0 Å². The Hall–Kier alpha value is -2.65. The van der Waals surface area contributed by atoms with E-state index in [0.717, 1.165) is 22.0 Å². The van der Waals surface area contributed by atoms with E-state index in [2.05, 4.69) is 0 Å². The fraction of sp³-hybridized carbons (Fsp3) is 0. The monoisotopic (exact) mass is 339 g/mol. The van der Waals surface area contributed by atoms with Crippen LogP contribution in [-0.2, 0) is 0 Å². The Balaban J connectivity index is 2.17. The highest BCUT2D eigenvalue weighted by Gasteiger charge is 2.25. The van der Waals surface area contributed by atoms with E-state index in [1.165, 1.54) is 18.2 Å². The molecule has 0 aliphatic carbocycles. The third-order valence-electron chi connectivity index (χ3n) is 2.88. The molecule has 2 aromatic heterocycles. The first-order valence-electron chi connectivity index (χ1n) is 5.78. The van der Waals surface area contributed by atoms with Crippen molar-refractivity contribution in [1.82, 2.24) is 4.57 Å². The van der Waals surface area contributed by atoms with Crippen molar-refractivity contribution >= 4 is 51.3 Å². The van der Waals surface area contributed by atoms with Crippen molar-refractivity contribution in [3.05, 3.63) is 54.1 Å². The fourth-order valence-electron chi connectivity index (χ4n) is 1.93. The third-order valence-corrected chi connectivity index (χ3v) is 4.21. The summed E-state index contributed by atoms with van der Waals surface area (Å²) in [5, 5.41) is 10.8. The number of oxazole rings is 1. The van der Waals surface area contributed by atoms with Crippen LogP contribution in [0.2, 0.25) is 4.34 Å². The first kappa shape index (κ1) is 14.3. The summed E-state index contributed by atoms with van der Waals surface area (Å²) in [4.78, 5) is 34.3. The van der Waals surface area contributed by atoms with E-state index in [1.54, 1.807) is 0 Å². The molecular weight excluding hydrogens is 334 g/mol. The maximum absolute atomic E-state index is 12.4. The highest BCUT2D eigenvalue weighted by Crippen LogP contribution is 2.34. The van der Waals surface area contributed by atoms with E-state index in [4.69, 9.17) is 21.8 Å². The summed E-state index contributed by atoms with van der Waals surface area (Å²) in [5.41, 5.74) is 5.93. The van der Waals surface area contributed by atoms with Gasteiger partial charge in [0, 0.05) is 17.8 Å². The molecule has 0 saturated heterocycles. The first-order chi connectivity index (χ1) is 10.4. The lowest BCUT2D eigenvalue weighted by Gasteiger charge is -1.98. The molecule has 112 valence electrons. The van der Waals surface area contributed by atoms with E-state index < -0.39 is 16.6 Å². The highest BCUT2D eigenvalue weighted by molar-refractivity contribution is 7.18. The summed E-state index contributed by atoms with van der Waals surface area (Å²) in [6.45, 7) is 0. The van der Waals surface area contributed by atoms with Crippen LogP contribution in [0.15, 0.2) is 33.5 Å². The molecule has 10 heteroatoms. The van der Waals surface area contributed by atoms with Gasteiger partial charge in [0.15, 0.2) is 9.92 Å². The summed E-state index contributed by atoms with van der Waals surface area (Å²) in [5.74, 6) is -1.66. The molecule has 0 aliphatic heterocycles. The van der Waals surface area contributed by atoms with Gasteiger partial charge in [0.25, 0.3) is 11.6 Å². The van der Waals surface area contributed by atoms with E-state index in [-0.39, 0.29) is 26.0 Å². The second-order valence-corrected chi connectivity index (χ2v) is 5.92. The largest absolute Gasteiger partial charge is 0.427 e. The number of carbonyl (C=O) groups excluding carboxylic acids is 1. The Bertz CT molecular complexity index is 986. The van der Waals surface area contributed by atoms with Gasteiger partial charge in [0.1, 0.15) is 4.88 Å². The molecular formula is C12H6ClN3O5S. The van der Waals surface area contributed by atoms with Crippen molar-refractivity contribution in [2.75, 3.05) is 5.73 Å². The second kappa shape index (κ2) is 4.97. The van der Waals surface area contributed by atoms with Crippen LogP contribution in [0.3, 0.4) is 0 Å². The molecule has 3 rings (SSSR count). The quantitative estimate of drug-likeness (QED) is 0.435. The number of nitrogens with zero attached hydrogens (tertiary/aromatic N) is 2. The highest BCUT2D eigenvalue weighted by atomic mass is 35.5. The number of thiophene rings is 1. The lowest BCUT2D eigenvalue weighted by molar-refractivity contribution is -0.384. The summed E-state index contributed by atoms with van der Waals surface area (Å²) < 4.78 is 5.59. The van der Waals surface area contributed by atoms with Crippen molar-refractivity contribution < 1.29 is 14.1 Å².